The largest absolute Gasteiger partial charge is 0.494 e. The molecular formula is C11H13BrO2. The van der Waals surface area contributed by atoms with Crippen LogP contribution in [0.2, 0.25) is 0 Å². The highest BCUT2D eigenvalue weighted by molar-refractivity contribution is 9.10. The Morgan fingerprint density at radius 2 is 2.21 bits per heavy atom. The maximum Gasteiger partial charge on any atom is 0.124 e. The Kier molecular flexibility index (Phi) is 4.14. The minimum absolute atomic E-state index is 0.397. The van der Waals surface area contributed by atoms with E-state index in [4.69, 9.17) is 4.74 Å². The Hall–Kier alpha value is -0.830. The third-order valence-corrected chi connectivity index (χ3v) is 2.80. The van der Waals surface area contributed by atoms with E-state index in [1.165, 1.54) is 0 Å². The van der Waals surface area contributed by atoms with Gasteiger partial charge in [0, 0.05) is 16.5 Å². The normalized spacial score (nSPS) is 9.93. The van der Waals surface area contributed by atoms with Gasteiger partial charge in [0.25, 0.3) is 0 Å². The highest BCUT2D eigenvalue weighted by atomic mass is 79.9. The van der Waals surface area contributed by atoms with Crippen LogP contribution in [0, 0.1) is 6.92 Å². The molecule has 0 saturated heterocycles. The number of aldehydes is 1. The molecule has 3 heteroatoms. The first-order valence-corrected chi connectivity index (χ1v) is 5.33. The molecule has 76 valence electrons. The molecule has 0 aliphatic heterocycles. The fourth-order valence-electron chi connectivity index (χ4n) is 1.24. The van der Waals surface area contributed by atoms with Crippen molar-refractivity contribution < 1.29 is 9.53 Å². The van der Waals surface area contributed by atoms with E-state index in [9.17, 15) is 4.79 Å². The Bertz CT molecular complexity index is 334. The van der Waals surface area contributed by atoms with Gasteiger partial charge in [0.15, 0.2) is 0 Å². The SMILES string of the molecule is CCOc1cc(C)c(Br)cc1CC=O. The summed E-state index contributed by atoms with van der Waals surface area (Å²) in [5.41, 5.74) is 2.04. The molecule has 0 heterocycles. The molecule has 0 N–H and O–H groups in total. The van der Waals surface area contributed by atoms with Crippen LogP contribution in [0.15, 0.2) is 16.6 Å². The van der Waals surface area contributed by atoms with Crippen LogP contribution in [-0.2, 0) is 11.2 Å². The van der Waals surface area contributed by atoms with E-state index in [0.717, 1.165) is 27.6 Å². The van der Waals surface area contributed by atoms with Gasteiger partial charge in [0.05, 0.1) is 6.61 Å². The van der Waals surface area contributed by atoms with Crippen LogP contribution >= 0.6 is 15.9 Å². The summed E-state index contributed by atoms with van der Waals surface area (Å²) >= 11 is 3.43. The molecule has 0 atom stereocenters. The maximum absolute atomic E-state index is 10.5. The van der Waals surface area contributed by atoms with Gasteiger partial charge in [-0.3, -0.25) is 0 Å². The summed E-state index contributed by atoms with van der Waals surface area (Å²) in [6.07, 6.45) is 1.29. The Morgan fingerprint density at radius 1 is 1.50 bits per heavy atom. The van der Waals surface area contributed by atoms with Gasteiger partial charge in [0.2, 0.25) is 0 Å². The zero-order valence-corrected chi connectivity index (χ0v) is 9.93. The zero-order valence-electron chi connectivity index (χ0n) is 8.34. The van der Waals surface area contributed by atoms with Crippen molar-refractivity contribution in [3.63, 3.8) is 0 Å². The van der Waals surface area contributed by atoms with Crippen LogP contribution in [0.1, 0.15) is 18.1 Å². The lowest BCUT2D eigenvalue weighted by molar-refractivity contribution is -0.107. The van der Waals surface area contributed by atoms with Gasteiger partial charge in [0.1, 0.15) is 12.0 Å². The van der Waals surface area contributed by atoms with Crippen LogP contribution in [0.25, 0.3) is 0 Å². The topological polar surface area (TPSA) is 26.3 Å². The quantitative estimate of drug-likeness (QED) is 0.775. The number of benzene rings is 1. The standard InChI is InChI=1S/C11H13BrO2/c1-3-14-11-6-8(2)10(12)7-9(11)4-5-13/h5-7H,3-4H2,1-2H3. The van der Waals surface area contributed by atoms with Crippen molar-refractivity contribution >= 4 is 22.2 Å². The predicted molar refractivity (Wildman–Crippen MR) is 59.8 cm³/mol. The molecule has 0 unspecified atom stereocenters. The smallest absolute Gasteiger partial charge is 0.124 e. The van der Waals surface area contributed by atoms with Crippen molar-refractivity contribution in [1.82, 2.24) is 0 Å². The second-order valence-corrected chi connectivity index (χ2v) is 3.87. The van der Waals surface area contributed by atoms with Crippen molar-refractivity contribution in [1.29, 1.82) is 0 Å². The van der Waals surface area contributed by atoms with Crippen LogP contribution in [0.5, 0.6) is 5.75 Å². The first-order chi connectivity index (χ1) is 6.69. The molecule has 0 aromatic heterocycles. The minimum atomic E-state index is 0.397. The summed E-state index contributed by atoms with van der Waals surface area (Å²) in [6.45, 7) is 4.55. The highest BCUT2D eigenvalue weighted by Crippen LogP contribution is 2.27. The lowest BCUT2D eigenvalue weighted by Crippen LogP contribution is -1.98. The molecular weight excluding hydrogens is 244 g/mol. The van der Waals surface area contributed by atoms with Gasteiger partial charge in [-0.15, -0.1) is 0 Å². The maximum atomic E-state index is 10.5. The predicted octanol–water partition coefficient (Wildman–Crippen LogP) is 2.90. The van der Waals surface area contributed by atoms with E-state index in [-0.39, 0.29) is 0 Å². The van der Waals surface area contributed by atoms with Crippen LogP contribution < -0.4 is 4.74 Å². The second kappa shape index (κ2) is 5.15. The number of carbonyl (C=O) groups is 1. The van der Waals surface area contributed by atoms with E-state index in [1.807, 2.05) is 26.0 Å². The summed E-state index contributed by atoms with van der Waals surface area (Å²) in [6, 6.07) is 3.89. The number of hydrogen-bond acceptors (Lipinski definition) is 2. The van der Waals surface area contributed by atoms with Gasteiger partial charge >= 0.3 is 0 Å². The fraction of sp³-hybridized carbons (Fsp3) is 0.364. The van der Waals surface area contributed by atoms with Gasteiger partial charge < -0.3 is 9.53 Å². The second-order valence-electron chi connectivity index (χ2n) is 3.01. The number of hydrogen-bond donors (Lipinski definition) is 0. The molecule has 0 spiro atoms. The molecule has 1 rings (SSSR count). The average molecular weight is 257 g/mol. The highest BCUT2D eigenvalue weighted by Gasteiger charge is 2.06. The third kappa shape index (κ3) is 2.58. The Balaban J connectivity index is 3.09. The molecule has 14 heavy (non-hydrogen) atoms. The number of rotatable bonds is 4. The number of aryl methyl sites for hydroxylation is 1. The Morgan fingerprint density at radius 3 is 2.79 bits per heavy atom. The van der Waals surface area contributed by atoms with E-state index in [2.05, 4.69) is 15.9 Å². The minimum Gasteiger partial charge on any atom is -0.494 e. The molecule has 1 aromatic rings. The van der Waals surface area contributed by atoms with Crippen molar-refractivity contribution in [2.45, 2.75) is 20.3 Å². The monoisotopic (exact) mass is 256 g/mol. The summed E-state index contributed by atoms with van der Waals surface area (Å²) < 4.78 is 6.46. The molecule has 0 amide bonds. The molecule has 2 nitrogen and oxygen atoms in total. The van der Waals surface area contributed by atoms with Crippen LogP contribution in [0.3, 0.4) is 0 Å². The summed E-state index contributed by atoms with van der Waals surface area (Å²) in [7, 11) is 0. The Labute approximate surface area is 92.4 Å². The summed E-state index contributed by atoms with van der Waals surface area (Å²) in [5.74, 6) is 0.806. The van der Waals surface area contributed by atoms with Crippen LogP contribution in [0.4, 0.5) is 0 Å². The fourth-order valence-corrected chi connectivity index (χ4v) is 1.63. The van der Waals surface area contributed by atoms with E-state index in [0.29, 0.717) is 13.0 Å². The van der Waals surface area contributed by atoms with Gasteiger partial charge in [-0.1, -0.05) is 15.9 Å². The lowest BCUT2D eigenvalue weighted by Gasteiger charge is -2.10. The van der Waals surface area contributed by atoms with Crippen LogP contribution in [-0.4, -0.2) is 12.9 Å². The molecule has 0 fully saturated rings. The van der Waals surface area contributed by atoms with Crippen molar-refractivity contribution in [2.75, 3.05) is 6.61 Å². The number of carbonyl (C=O) groups excluding carboxylic acids is 1. The van der Waals surface area contributed by atoms with Gasteiger partial charge in [-0.25, -0.2) is 0 Å². The van der Waals surface area contributed by atoms with Crippen molar-refractivity contribution in [3.8, 4) is 5.75 Å². The third-order valence-electron chi connectivity index (χ3n) is 1.94. The molecule has 0 aliphatic carbocycles. The molecule has 0 radical (unpaired) electrons. The lowest BCUT2D eigenvalue weighted by atomic mass is 10.1. The van der Waals surface area contributed by atoms with E-state index < -0.39 is 0 Å². The molecule has 0 aliphatic rings. The first-order valence-electron chi connectivity index (χ1n) is 4.54. The molecule has 1 aromatic carbocycles. The van der Waals surface area contributed by atoms with E-state index in [1.54, 1.807) is 0 Å². The molecule has 0 saturated carbocycles. The van der Waals surface area contributed by atoms with Crippen molar-refractivity contribution in [3.05, 3.63) is 27.7 Å². The number of ether oxygens (including phenoxy) is 1. The number of halogens is 1. The van der Waals surface area contributed by atoms with E-state index >= 15 is 0 Å². The summed E-state index contributed by atoms with van der Waals surface area (Å²) in [4.78, 5) is 10.5. The van der Waals surface area contributed by atoms with Crippen molar-refractivity contribution in [2.24, 2.45) is 0 Å². The van der Waals surface area contributed by atoms with Gasteiger partial charge in [-0.05, 0) is 31.5 Å². The zero-order chi connectivity index (χ0) is 10.6. The first kappa shape index (κ1) is 11.2. The average Bonchev–Trinajstić information content (AvgIpc) is 2.14. The molecule has 0 bridgehead atoms. The summed E-state index contributed by atoms with van der Waals surface area (Å²) in [5, 5.41) is 0. The van der Waals surface area contributed by atoms with Gasteiger partial charge in [-0.2, -0.15) is 0 Å².